The molecule has 2 amide bonds. The SMILES string of the molecule is Cc1ccc(C(=O)NCC(=O)Nc2ccc3oc(C(C)(C)C)nc3c2)s1. The molecule has 2 N–H and O–H groups in total. The van der Waals surface area contributed by atoms with E-state index in [9.17, 15) is 9.59 Å². The second kappa shape index (κ2) is 6.92. The van der Waals surface area contributed by atoms with Gasteiger partial charge in [0.05, 0.1) is 11.4 Å². The maximum absolute atomic E-state index is 12.1. The first-order chi connectivity index (χ1) is 12.2. The minimum Gasteiger partial charge on any atom is -0.440 e. The predicted molar refractivity (Wildman–Crippen MR) is 103 cm³/mol. The Hall–Kier alpha value is -2.67. The highest BCUT2D eigenvalue weighted by Gasteiger charge is 2.21. The summed E-state index contributed by atoms with van der Waals surface area (Å²) in [6.07, 6.45) is 0. The van der Waals surface area contributed by atoms with E-state index < -0.39 is 0 Å². The van der Waals surface area contributed by atoms with Gasteiger partial charge in [-0.1, -0.05) is 20.8 Å². The van der Waals surface area contributed by atoms with Gasteiger partial charge in [-0.15, -0.1) is 11.3 Å². The van der Waals surface area contributed by atoms with E-state index in [1.165, 1.54) is 11.3 Å². The first kappa shape index (κ1) is 18.1. The summed E-state index contributed by atoms with van der Waals surface area (Å²) in [6, 6.07) is 8.91. The van der Waals surface area contributed by atoms with Crippen molar-refractivity contribution in [2.24, 2.45) is 0 Å². The van der Waals surface area contributed by atoms with E-state index in [1.807, 2.05) is 33.8 Å². The van der Waals surface area contributed by atoms with E-state index in [-0.39, 0.29) is 23.8 Å². The maximum Gasteiger partial charge on any atom is 0.261 e. The van der Waals surface area contributed by atoms with Crippen LogP contribution in [0.25, 0.3) is 11.1 Å². The number of thiophene rings is 1. The van der Waals surface area contributed by atoms with E-state index in [4.69, 9.17) is 4.42 Å². The van der Waals surface area contributed by atoms with E-state index >= 15 is 0 Å². The topological polar surface area (TPSA) is 84.2 Å². The van der Waals surface area contributed by atoms with Crippen LogP contribution in [0.1, 0.15) is 41.2 Å². The molecule has 1 aromatic carbocycles. The van der Waals surface area contributed by atoms with Crippen molar-refractivity contribution in [1.82, 2.24) is 10.3 Å². The number of anilines is 1. The van der Waals surface area contributed by atoms with Gasteiger partial charge in [0.25, 0.3) is 5.91 Å². The maximum atomic E-state index is 12.1. The Bertz CT molecular complexity index is 966. The zero-order valence-corrected chi connectivity index (χ0v) is 16.0. The highest BCUT2D eigenvalue weighted by atomic mass is 32.1. The second-order valence-electron chi connectivity index (χ2n) is 7.09. The average Bonchev–Trinajstić information content (AvgIpc) is 3.18. The number of nitrogens with zero attached hydrogens (tertiary/aromatic N) is 1. The zero-order chi connectivity index (χ0) is 18.9. The lowest BCUT2D eigenvalue weighted by molar-refractivity contribution is -0.115. The third-order valence-electron chi connectivity index (χ3n) is 3.69. The highest BCUT2D eigenvalue weighted by molar-refractivity contribution is 7.13. The van der Waals surface area contributed by atoms with Crippen molar-refractivity contribution < 1.29 is 14.0 Å². The van der Waals surface area contributed by atoms with Gasteiger partial charge in [-0.3, -0.25) is 9.59 Å². The molecule has 0 radical (unpaired) electrons. The Morgan fingerprint density at radius 3 is 2.62 bits per heavy atom. The van der Waals surface area contributed by atoms with Crippen LogP contribution in [0.2, 0.25) is 0 Å². The fourth-order valence-corrected chi connectivity index (χ4v) is 3.12. The van der Waals surface area contributed by atoms with Crippen LogP contribution in [0.3, 0.4) is 0 Å². The molecule has 0 saturated carbocycles. The fraction of sp³-hybridized carbons (Fsp3) is 0.316. The average molecular weight is 371 g/mol. The number of carbonyl (C=O) groups excluding carboxylic acids is 2. The van der Waals surface area contributed by atoms with E-state index in [0.717, 1.165) is 4.88 Å². The van der Waals surface area contributed by atoms with Crippen LogP contribution in [-0.2, 0) is 10.2 Å². The molecule has 3 rings (SSSR count). The summed E-state index contributed by atoms with van der Waals surface area (Å²) in [4.78, 5) is 30.2. The number of hydrogen-bond donors (Lipinski definition) is 2. The first-order valence-electron chi connectivity index (χ1n) is 8.28. The van der Waals surface area contributed by atoms with Crippen LogP contribution >= 0.6 is 11.3 Å². The third-order valence-corrected chi connectivity index (χ3v) is 4.69. The summed E-state index contributed by atoms with van der Waals surface area (Å²) >= 11 is 1.39. The molecule has 0 atom stereocenters. The first-order valence-corrected chi connectivity index (χ1v) is 9.09. The zero-order valence-electron chi connectivity index (χ0n) is 15.2. The number of carbonyl (C=O) groups is 2. The summed E-state index contributed by atoms with van der Waals surface area (Å²) < 4.78 is 5.74. The minimum atomic E-state index is -0.300. The van der Waals surface area contributed by atoms with Gasteiger partial charge in [0.15, 0.2) is 5.58 Å². The van der Waals surface area contributed by atoms with Gasteiger partial charge < -0.3 is 15.1 Å². The molecule has 0 aliphatic carbocycles. The molecular weight excluding hydrogens is 350 g/mol. The number of nitrogens with one attached hydrogen (secondary N) is 2. The van der Waals surface area contributed by atoms with Crippen molar-refractivity contribution in [3.8, 4) is 0 Å². The molecule has 3 aromatic rings. The minimum absolute atomic E-state index is 0.0973. The molecule has 2 aromatic heterocycles. The summed E-state index contributed by atoms with van der Waals surface area (Å²) in [5.41, 5.74) is 1.78. The molecule has 2 heterocycles. The monoisotopic (exact) mass is 371 g/mol. The largest absolute Gasteiger partial charge is 0.440 e. The van der Waals surface area contributed by atoms with Crippen molar-refractivity contribution in [3.05, 3.63) is 46.0 Å². The number of oxazole rings is 1. The number of rotatable bonds is 4. The Morgan fingerprint density at radius 2 is 1.96 bits per heavy atom. The lowest BCUT2D eigenvalue weighted by atomic mass is 9.97. The number of aromatic nitrogens is 1. The molecule has 136 valence electrons. The van der Waals surface area contributed by atoms with Gasteiger partial charge >= 0.3 is 0 Å². The number of amides is 2. The Kier molecular flexibility index (Phi) is 4.82. The van der Waals surface area contributed by atoms with Crippen LogP contribution in [0, 0.1) is 6.92 Å². The number of aryl methyl sites for hydroxylation is 1. The molecule has 0 saturated heterocycles. The van der Waals surface area contributed by atoms with E-state index in [2.05, 4.69) is 15.6 Å². The molecular formula is C19H21N3O3S. The van der Waals surface area contributed by atoms with Crippen molar-refractivity contribution >= 4 is 39.9 Å². The standard InChI is InChI=1S/C19H21N3O3S/c1-11-5-8-15(26-11)17(24)20-10-16(23)21-12-6-7-14-13(9-12)22-18(25-14)19(2,3)4/h5-9H,10H2,1-4H3,(H,20,24)(H,21,23). The van der Waals surface area contributed by atoms with Crippen LogP contribution in [0.4, 0.5) is 5.69 Å². The number of hydrogen-bond acceptors (Lipinski definition) is 5. The second-order valence-corrected chi connectivity index (χ2v) is 8.38. The summed E-state index contributed by atoms with van der Waals surface area (Å²) in [5.74, 6) is 0.0972. The van der Waals surface area contributed by atoms with Gasteiger partial charge in [-0.25, -0.2) is 4.98 Å². The van der Waals surface area contributed by atoms with Crippen LogP contribution in [0.15, 0.2) is 34.7 Å². The van der Waals surface area contributed by atoms with Crippen LogP contribution in [0.5, 0.6) is 0 Å². The van der Waals surface area contributed by atoms with E-state index in [1.54, 1.807) is 24.3 Å². The molecule has 0 aliphatic rings. The molecule has 0 aliphatic heterocycles. The normalized spacial score (nSPS) is 11.5. The summed E-state index contributed by atoms with van der Waals surface area (Å²) in [6.45, 7) is 7.91. The third kappa shape index (κ3) is 4.11. The van der Waals surface area contributed by atoms with Gasteiger partial charge in [0.1, 0.15) is 5.52 Å². The molecule has 0 bridgehead atoms. The molecule has 26 heavy (non-hydrogen) atoms. The summed E-state index contributed by atoms with van der Waals surface area (Å²) in [7, 11) is 0. The molecule has 0 spiro atoms. The van der Waals surface area contributed by atoms with Crippen molar-refractivity contribution in [3.63, 3.8) is 0 Å². The van der Waals surface area contributed by atoms with Crippen LogP contribution in [-0.4, -0.2) is 23.3 Å². The van der Waals surface area contributed by atoms with Crippen molar-refractivity contribution in [1.29, 1.82) is 0 Å². The van der Waals surface area contributed by atoms with Crippen molar-refractivity contribution in [2.75, 3.05) is 11.9 Å². The number of benzene rings is 1. The lowest BCUT2D eigenvalue weighted by Crippen LogP contribution is -2.32. The molecule has 7 heteroatoms. The molecule has 6 nitrogen and oxygen atoms in total. The van der Waals surface area contributed by atoms with Gasteiger partial charge in [-0.2, -0.15) is 0 Å². The van der Waals surface area contributed by atoms with Gasteiger partial charge in [-0.05, 0) is 37.3 Å². The van der Waals surface area contributed by atoms with Gasteiger partial charge in [0.2, 0.25) is 11.8 Å². The Labute approximate surface area is 155 Å². The smallest absolute Gasteiger partial charge is 0.261 e. The predicted octanol–water partition coefficient (Wildman–Crippen LogP) is 3.86. The highest BCUT2D eigenvalue weighted by Crippen LogP contribution is 2.27. The quantitative estimate of drug-likeness (QED) is 0.729. The molecule has 0 unspecified atom stereocenters. The van der Waals surface area contributed by atoms with Crippen LogP contribution < -0.4 is 10.6 Å². The number of fused-ring (bicyclic) bond motifs is 1. The van der Waals surface area contributed by atoms with Crippen molar-refractivity contribution in [2.45, 2.75) is 33.1 Å². The fourth-order valence-electron chi connectivity index (χ4n) is 2.34. The summed E-state index contributed by atoms with van der Waals surface area (Å²) in [5, 5.41) is 5.38. The molecule has 0 fully saturated rings. The lowest BCUT2D eigenvalue weighted by Gasteiger charge is -2.11. The van der Waals surface area contributed by atoms with E-state index in [0.29, 0.717) is 27.6 Å². The van der Waals surface area contributed by atoms with Gasteiger partial charge in [0, 0.05) is 16.0 Å². The Balaban J connectivity index is 1.62. The Morgan fingerprint density at radius 1 is 1.19 bits per heavy atom.